The molecule has 0 spiro atoms. The van der Waals surface area contributed by atoms with E-state index in [0.29, 0.717) is 5.69 Å². The van der Waals surface area contributed by atoms with Gasteiger partial charge in [-0.2, -0.15) is 0 Å². The van der Waals surface area contributed by atoms with Crippen molar-refractivity contribution in [3.05, 3.63) is 58.4 Å². The minimum Gasteiger partial charge on any atom is -0.494 e. The van der Waals surface area contributed by atoms with E-state index in [0.717, 1.165) is 6.07 Å². The maximum Gasteiger partial charge on any atom is 0.258 e. The molecule has 0 atom stereocenters. The second-order valence-electron chi connectivity index (χ2n) is 3.82. The van der Waals surface area contributed by atoms with Crippen molar-refractivity contribution in [2.45, 2.75) is 0 Å². The molecule has 2 N–H and O–H groups in total. The van der Waals surface area contributed by atoms with Gasteiger partial charge >= 0.3 is 0 Å². The molecule has 0 saturated carbocycles. The van der Waals surface area contributed by atoms with Crippen molar-refractivity contribution in [3.63, 3.8) is 0 Å². The molecule has 1 amide bonds. The first-order valence-corrected chi connectivity index (χ1v) is 5.34. The van der Waals surface area contributed by atoms with Gasteiger partial charge in [-0.1, -0.05) is 18.2 Å². The average Bonchev–Trinajstić information content (AvgIpc) is 2.37. The highest BCUT2D eigenvalue weighted by Crippen LogP contribution is 2.15. The lowest BCUT2D eigenvalue weighted by molar-refractivity contribution is 0.0992. The van der Waals surface area contributed by atoms with Crippen LogP contribution < -0.4 is 10.5 Å². The fraction of sp³-hybridized carbons (Fsp3) is 0.0769. The summed E-state index contributed by atoms with van der Waals surface area (Å²) in [4.78, 5) is 26.9. The molecule has 0 radical (unpaired) electrons. The van der Waals surface area contributed by atoms with Crippen molar-refractivity contribution in [3.8, 4) is 5.88 Å². The van der Waals surface area contributed by atoms with E-state index in [4.69, 9.17) is 0 Å². The Morgan fingerprint density at radius 2 is 1.89 bits per heavy atom. The number of hydrogen-bond acceptors (Lipinski definition) is 3. The molecule has 0 bridgehead atoms. The van der Waals surface area contributed by atoms with Gasteiger partial charge in [0.2, 0.25) is 0 Å². The normalized spacial score (nSPS) is 10.1. The van der Waals surface area contributed by atoms with E-state index < -0.39 is 5.56 Å². The van der Waals surface area contributed by atoms with Crippen LogP contribution in [0.5, 0.6) is 5.88 Å². The molecular weight excluding hydrogens is 232 g/mol. The van der Waals surface area contributed by atoms with E-state index in [9.17, 15) is 14.7 Å². The molecule has 0 aliphatic heterocycles. The SMILES string of the molecule is CN(C(=O)c1cc(O)[nH]c(=O)c1)c1ccccc1. The lowest BCUT2D eigenvalue weighted by Gasteiger charge is -2.17. The number of aromatic nitrogens is 1. The Hall–Kier alpha value is -2.56. The van der Waals surface area contributed by atoms with Crippen LogP contribution in [0.15, 0.2) is 47.3 Å². The van der Waals surface area contributed by atoms with Gasteiger partial charge in [0.1, 0.15) is 0 Å². The fourth-order valence-electron chi connectivity index (χ4n) is 1.61. The van der Waals surface area contributed by atoms with E-state index in [-0.39, 0.29) is 17.4 Å². The third-order valence-corrected chi connectivity index (χ3v) is 2.53. The number of pyridine rings is 1. The second kappa shape index (κ2) is 4.75. The molecule has 5 nitrogen and oxygen atoms in total. The Bertz CT molecular complexity index is 620. The van der Waals surface area contributed by atoms with Crippen LogP contribution in [0.2, 0.25) is 0 Å². The summed E-state index contributed by atoms with van der Waals surface area (Å²) in [6, 6.07) is 11.4. The first-order chi connectivity index (χ1) is 8.58. The van der Waals surface area contributed by atoms with Gasteiger partial charge in [-0.25, -0.2) is 0 Å². The number of hydrogen-bond donors (Lipinski definition) is 2. The minimum atomic E-state index is -0.514. The number of nitrogens with one attached hydrogen (secondary N) is 1. The molecule has 0 aliphatic rings. The van der Waals surface area contributed by atoms with Crippen LogP contribution >= 0.6 is 0 Å². The topological polar surface area (TPSA) is 73.4 Å². The third-order valence-electron chi connectivity index (χ3n) is 2.53. The van der Waals surface area contributed by atoms with Gasteiger partial charge in [-0.05, 0) is 12.1 Å². The van der Waals surface area contributed by atoms with Gasteiger partial charge in [0.05, 0.1) is 5.56 Å². The Morgan fingerprint density at radius 3 is 2.50 bits per heavy atom. The molecule has 5 heteroatoms. The molecule has 1 aromatic heterocycles. The number of carbonyl (C=O) groups is 1. The predicted molar refractivity (Wildman–Crippen MR) is 67.9 cm³/mol. The average molecular weight is 244 g/mol. The maximum absolute atomic E-state index is 12.1. The lowest BCUT2D eigenvalue weighted by atomic mass is 10.2. The Balaban J connectivity index is 2.34. The van der Waals surface area contributed by atoms with Crippen LogP contribution in [0.25, 0.3) is 0 Å². The standard InChI is InChI=1S/C13H12N2O3/c1-15(10-5-3-2-4-6-10)13(18)9-7-11(16)14-12(17)8-9/h2-8H,1H3,(H2,14,16,17). The number of amides is 1. The molecular formula is C13H12N2O3. The number of H-pyrrole nitrogens is 1. The van der Waals surface area contributed by atoms with Crippen LogP contribution in [0.4, 0.5) is 5.69 Å². The van der Waals surface area contributed by atoms with Gasteiger partial charge in [-0.3, -0.25) is 14.6 Å². The number of para-hydroxylation sites is 1. The van der Waals surface area contributed by atoms with E-state index in [2.05, 4.69) is 4.98 Å². The van der Waals surface area contributed by atoms with Gasteiger partial charge in [0.25, 0.3) is 11.5 Å². The predicted octanol–water partition coefficient (Wildman–Crippen LogP) is 1.36. The Labute approximate surface area is 103 Å². The summed E-state index contributed by atoms with van der Waals surface area (Å²) in [5.41, 5.74) is 0.338. The summed E-state index contributed by atoms with van der Waals surface area (Å²) in [6.45, 7) is 0. The van der Waals surface area contributed by atoms with Crippen molar-refractivity contribution < 1.29 is 9.90 Å². The summed E-state index contributed by atoms with van der Waals surface area (Å²) >= 11 is 0. The Kier molecular flexibility index (Phi) is 3.14. The van der Waals surface area contributed by atoms with Crippen LogP contribution in [-0.4, -0.2) is 23.0 Å². The monoisotopic (exact) mass is 244 g/mol. The molecule has 18 heavy (non-hydrogen) atoms. The zero-order chi connectivity index (χ0) is 13.1. The van der Waals surface area contributed by atoms with Gasteiger partial charge in [-0.15, -0.1) is 0 Å². The molecule has 1 heterocycles. The highest BCUT2D eigenvalue weighted by Gasteiger charge is 2.14. The zero-order valence-electron chi connectivity index (χ0n) is 9.75. The summed E-state index contributed by atoms with van der Waals surface area (Å²) in [5, 5.41) is 9.27. The zero-order valence-corrected chi connectivity index (χ0v) is 9.75. The molecule has 2 aromatic rings. The fourth-order valence-corrected chi connectivity index (χ4v) is 1.61. The van der Waals surface area contributed by atoms with Crippen molar-refractivity contribution in [2.75, 3.05) is 11.9 Å². The number of carbonyl (C=O) groups excluding carboxylic acids is 1. The minimum absolute atomic E-state index is 0.141. The van der Waals surface area contributed by atoms with E-state index in [1.807, 2.05) is 18.2 Å². The van der Waals surface area contributed by atoms with Crippen LogP contribution in [0, 0.1) is 0 Å². The molecule has 0 aliphatic carbocycles. The van der Waals surface area contributed by atoms with Crippen molar-refractivity contribution in [2.24, 2.45) is 0 Å². The maximum atomic E-state index is 12.1. The van der Waals surface area contributed by atoms with Crippen LogP contribution in [0.3, 0.4) is 0 Å². The van der Waals surface area contributed by atoms with Crippen molar-refractivity contribution in [1.82, 2.24) is 4.98 Å². The molecule has 0 fully saturated rings. The quantitative estimate of drug-likeness (QED) is 0.837. The summed E-state index contributed by atoms with van der Waals surface area (Å²) in [7, 11) is 1.61. The number of aromatic amines is 1. The highest BCUT2D eigenvalue weighted by molar-refractivity contribution is 6.05. The van der Waals surface area contributed by atoms with E-state index in [1.54, 1.807) is 19.2 Å². The summed E-state index contributed by atoms with van der Waals surface area (Å²) in [5.74, 6) is -0.685. The van der Waals surface area contributed by atoms with E-state index >= 15 is 0 Å². The van der Waals surface area contributed by atoms with Crippen LogP contribution in [0.1, 0.15) is 10.4 Å². The van der Waals surface area contributed by atoms with E-state index in [1.165, 1.54) is 11.0 Å². The largest absolute Gasteiger partial charge is 0.494 e. The number of rotatable bonds is 2. The molecule has 0 unspecified atom stereocenters. The molecule has 92 valence electrons. The van der Waals surface area contributed by atoms with Gasteiger partial charge < -0.3 is 10.0 Å². The lowest BCUT2D eigenvalue weighted by Crippen LogP contribution is -2.27. The second-order valence-corrected chi connectivity index (χ2v) is 3.82. The smallest absolute Gasteiger partial charge is 0.258 e. The van der Waals surface area contributed by atoms with Gasteiger partial charge in [0, 0.05) is 24.9 Å². The van der Waals surface area contributed by atoms with Gasteiger partial charge in [0.15, 0.2) is 5.88 Å². The number of benzene rings is 1. The number of nitrogens with zero attached hydrogens (tertiary/aromatic N) is 1. The van der Waals surface area contributed by atoms with Crippen molar-refractivity contribution in [1.29, 1.82) is 0 Å². The molecule has 1 aromatic carbocycles. The molecule has 0 saturated heterocycles. The first kappa shape index (κ1) is 11.9. The first-order valence-electron chi connectivity index (χ1n) is 5.34. The molecule has 2 rings (SSSR count). The highest BCUT2D eigenvalue weighted by atomic mass is 16.3. The van der Waals surface area contributed by atoms with Crippen LogP contribution in [-0.2, 0) is 0 Å². The number of aromatic hydroxyl groups is 1. The number of anilines is 1. The summed E-state index contributed by atoms with van der Waals surface area (Å²) in [6.07, 6.45) is 0. The third kappa shape index (κ3) is 2.40. The Morgan fingerprint density at radius 1 is 1.22 bits per heavy atom. The van der Waals surface area contributed by atoms with Crippen molar-refractivity contribution >= 4 is 11.6 Å². The summed E-state index contributed by atoms with van der Waals surface area (Å²) < 4.78 is 0.